The van der Waals surface area contributed by atoms with Gasteiger partial charge < -0.3 is 0 Å². The lowest BCUT2D eigenvalue weighted by atomic mass is 9.97. The predicted molar refractivity (Wildman–Crippen MR) is 88.8 cm³/mol. The Bertz CT molecular complexity index is 897. The summed E-state index contributed by atoms with van der Waals surface area (Å²) in [6.07, 6.45) is 1.50. The van der Waals surface area contributed by atoms with E-state index in [1.807, 2.05) is 42.5 Å². The minimum Gasteiger partial charge on any atom is -0.206 e. The topological polar surface area (TPSA) is 23.8 Å². The van der Waals surface area contributed by atoms with Crippen LogP contribution in [0.3, 0.4) is 0 Å². The summed E-state index contributed by atoms with van der Waals surface area (Å²) in [6.45, 7) is 0. The van der Waals surface area contributed by atoms with Crippen LogP contribution in [0.25, 0.3) is 22.4 Å². The molecule has 0 amide bonds. The first kappa shape index (κ1) is 14.3. The average molecular weight is 308 g/mol. The van der Waals surface area contributed by atoms with Crippen molar-refractivity contribution in [2.75, 3.05) is 0 Å². The molecule has 0 saturated carbocycles. The van der Waals surface area contributed by atoms with Crippen LogP contribution in [0.4, 0.5) is 4.39 Å². The van der Waals surface area contributed by atoms with Gasteiger partial charge in [-0.3, -0.25) is 0 Å². The van der Waals surface area contributed by atoms with Gasteiger partial charge in [-0.05, 0) is 29.0 Å². The number of benzene rings is 3. The van der Waals surface area contributed by atoms with Crippen molar-refractivity contribution in [2.45, 2.75) is 0 Å². The summed E-state index contributed by atoms with van der Waals surface area (Å²) in [7, 11) is 0. The smallest absolute Gasteiger partial charge is 0.131 e. The van der Waals surface area contributed by atoms with E-state index in [1.165, 1.54) is 12.1 Å². The lowest BCUT2D eigenvalue weighted by molar-refractivity contribution is 0.625. The van der Waals surface area contributed by atoms with E-state index in [-0.39, 0.29) is 10.6 Å². The fourth-order valence-corrected chi connectivity index (χ4v) is 2.64. The van der Waals surface area contributed by atoms with E-state index in [1.54, 1.807) is 12.1 Å². The van der Waals surface area contributed by atoms with E-state index in [4.69, 9.17) is 11.6 Å². The van der Waals surface area contributed by atoms with Gasteiger partial charge in [0, 0.05) is 11.1 Å². The molecule has 1 nitrogen and oxygen atoms in total. The highest BCUT2D eigenvalue weighted by molar-refractivity contribution is 6.32. The van der Waals surface area contributed by atoms with Crippen molar-refractivity contribution in [3.63, 3.8) is 0 Å². The second-order valence-electron chi connectivity index (χ2n) is 4.83. The van der Waals surface area contributed by atoms with E-state index in [0.29, 0.717) is 5.57 Å². The molecule has 0 spiro atoms. The summed E-state index contributed by atoms with van der Waals surface area (Å²) < 4.78 is 13.9. The Balaban J connectivity index is 2.23. The monoisotopic (exact) mass is 307 g/mol. The highest BCUT2D eigenvalue weighted by Crippen LogP contribution is 2.29. The van der Waals surface area contributed by atoms with E-state index >= 15 is 0 Å². The standard InChI is InChI=1S/C19H11ClFN/c20-18-9-4-10-19(21)17(18)11-14(12-22)16-8-3-6-13-5-1-2-7-15(13)16/h1-11H/b14-11+. The number of nitrogens with zero attached hydrogens (tertiary/aromatic N) is 1. The first-order chi connectivity index (χ1) is 10.7. The van der Waals surface area contributed by atoms with Gasteiger partial charge in [-0.1, -0.05) is 60.1 Å². The van der Waals surface area contributed by atoms with E-state index in [0.717, 1.165) is 16.3 Å². The van der Waals surface area contributed by atoms with E-state index < -0.39 is 5.82 Å². The number of nitriles is 1. The minimum atomic E-state index is -0.444. The maximum absolute atomic E-state index is 13.9. The largest absolute Gasteiger partial charge is 0.206 e. The molecule has 22 heavy (non-hydrogen) atoms. The van der Waals surface area contributed by atoms with Crippen molar-refractivity contribution in [2.24, 2.45) is 0 Å². The van der Waals surface area contributed by atoms with Gasteiger partial charge in [0.15, 0.2) is 0 Å². The summed E-state index contributed by atoms with van der Waals surface area (Å²) in [5.74, 6) is -0.444. The minimum absolute atomic E-state index is 0.230. The summed E-state index contributed by atoms with van der Waals surface area (Å²) >= 11 is 6.04. The van der Waals surface area contributed by atoms with Gasteiger partial charge in [-0.25, -0.2) is 4.39 Å². The average Bonchev–Trinajstić information content (AvgIpc) is 2.54. The van der Waals surface area contributed by atoms with Crippen LogP contribution in [-0.4, -0.2) is 0 Å². The fraction of sp³-hybridized carbons (Fsp3) is 0. The Morgan fingerprint density at radius 1 is 1.00 bits per heavy atom. The first-order valence-electron chi connectivity index (χ1n) is 6.74. The number of allylic oxidation sites excluding steroid dienone is 1. The van der Waals surface area contributed by atoms with Crippen LogP contribution in [-0.2, 0) is 0 Å². The van der Waals surface area contributed by atoms with Crippen molar-refractivity contribution < 1.29 is 4.39 Å². The third-order valence-corrected chi connectivity index (χ3v) is 3.82. The quantitative estimate of drug-likeness (QED) is 0.440. The molecule has 0 saturated heterocycles. The molecule has 0 radical (unpaired) electrons. The lowest BCUT2D eigenvalue weighted by Crippen LogP contribution is -1.88. The third kappa shape index (κ3) is 2.59. The molecule has 3 heteroatoms. The van der Waals surface area contributed by atoms with E-state index in [2.05, 4.69) is 6.07 Å². The highest BCUT2D eigenvalue weighted by atomic mass is 35.5. The molecule has 0 aromatic heterocycles. The second-order valence-corrected chi connectivity index (χ2v) is 5.24. The van der Waals surface area contributed by atoms with Gasteiger partial charge in [0.2, 0.25) is 0 Å². The van der Waals surface area contributed by atoms with Crippen LogP contribution in [0.2, 0.25) is 5.02 Å². The van der Waals surface area contributed by atoms with Crippen LogP contribution in [0.15, 0.2) is 60.7 Å². The molecular weight excluding hydrogens is 297 g/mol. The number of fused-ring (bicyclic) bond motifs is 1. The summed E-state index contributed by atoms with van der Waals surface area (Å²) in [4.78, 5) is 0. The van der Waals surface area contributed by atoms with Crippen LogP contribution in [0, 0.1) is 17.1 Å². The van der Waals surface area contributed by atoms with Crippen molar-refractivity contribution in [3.8, 4) is 6.07 Å². The van der Waals surface area contributed by atoms with Crippen LogP contribution in [0.5, 0.6) is 0 Å². The Morgan fingerprint density at radius 2 is 1.73 bits per heavy atom. The summed E-state index contributed by atoms with van der Waals surface area (Å²) in [5.41, 5.74) is 1.37. The second kappa shape index (κ2) is 6.01. The number of hydrogen-bond acceptors (Lipinski definition) is 1. The van der Waals surface area contributed by atoms with Gasteiger partial charge >= 0.3 is 0 Å². The zero-order chi connectivity index (χ0) is 15.5. The van der Waals surface area contributed by atoms with Crippen molar-refractivity contribution in [1.82, 2.24) is 0 Å². The third-order valence-electron chi connectivity index (χ3n) is 3.49. The number of halogens is 2. The Morgan fingerprint density at radius 3 is 2.50 bits per heavy atom. The molecule has 3 rings (SSSR count). The molecule has 0 aliphatic heterocycles. The van der Waals surface area contributed by atoms with Crippen LogP contribution >= 0.6 is 11.6 Å². The maximum atomic E-state index is 13.9. The number of rotatable bonds is 2. The molecule has 3 aromatic carbocycles. The summed E-state index contributed by atoms with van der Waals surface area (Å²) in [6, 6.07) is 20.1. The van der Waals surface area contributed by atoms with Crippen molar-refractivity contribution >= 4 is 34.0 Å². The number of hydrogen-bond donors (Lipinski definition) is 0. The zero-order valence-corrected chi connectivity index (χ0v) is 12.3. The zero-order valence-electron chi connectivity index (χ0n) is 11.6. The first-order valence-corrected chi connectivity index (χ1v) is 7.12. The Labute approximate surface area is 132 Å². The molecule has 106 valence electrons. The Hall–Kier alpha value is -2.63. The lowest BCUT2D eigenvalue weighted by Gasteiger charge is -2.06. The van der Waals surface area contributed by atoms with Gasteiger partial charge in [-0.15, -0.1) is 0 Å². The van der Waals surface area contributed by atoms with Gasteiger partial charge in [-0.2, -0.15) is 5.26 Å². The summed E-state index contributed by atoms with van der Waals surface area (Å²) in [5, 5.41) is 11.8. The predicted octanol–water partition coefficient (Wildman–Crippen LogP) is 5.70. The van der Waals surface area contributed by atoms with Crippen LogP contribution < -0.4 is 0 Å². The SMILES string of the molecule is N#C/C(=C\c1c(F)cccc1Cl)c1cccc2ccccc12. The van der Waals surface area contributed by atoms with Crippen LogP contribution in [0.1, 0.15) is 11.1 Å². The van der Waals surface area contributed by atoms with E-state index in [9.17, 15) is 9.65 Å². The normalized spacial score (nSPS) is 11.4. The maximum Gasteiger partial charge on any atom is 0.131 e. The molecule has 0 aliphatic rings. The van der Waals surface area contributed by atoms with Gasteiger partial charge in [0.05, 0.1) is 16.7 Å². The molecule has 0 heterocycles. The molecule has 0 bridgehead atoms. The highest BCUT2D eigenvalue weighted by Gasteiger charge is 2.10. The van der Waals surface area contributed by atoms with Crippen molar-refractivity contribution in [1.29, 1.82) is 5.26 Å². The van der Waals surface area contributed by atoms with Gasteiger partial charge in [0.25, 0.3) is 0 Å². The van der Waals surface area contributed by atoms with Gasteiger partial charge in [0.1, 0.15) is 5.82 Å². The molecule has 0 atom stereocenters. The molecular formula is C19H11ClFN. The molecule has 0 unspecified atom stereocenters. The Kier molecular flexibility index (Phi) is 3.91. The fourth-order valence-electron chi connectivity index (χ4n) is 2.42. The van der Waals surface area contributed by atoms with Crippen molar-refractivity contribution in [3.05, 3.63) is 82.6 Å². The molecule has 0 aliphatic carbocycles. The molecule has 3 aromatic rings. The molecule has 0 N–H and O–H groups in total. The molecule has 0 fully saturated rings.